The van der Waals surface area contributed by atoms with Gasteiger partial charge in [0, 0.05) is 5.39 Å². The molecular formula is C16H23N3. The van der Waals surface area contributed by atoms with Gasteiger partial charge in [0.05, 0.1) is 5.52 Å². The summed E-state index contributed by atoms with van der Waals surface area (Å²) < 4.78 is 0. The molecule has 0 aliphatic heterocycles. The lowest BCUT2D eigenvalue weighted by atomic mass is 10.0. The van der Waals surface area contributed by atoms with Crippen LogP contribution in [0.4, 0.5) is 5.82 Å². The van der Waals surface area contributed by atoms with E-state index in [1.165, 1.54) is 35.8 Å². The number of nitrogen functional groups attached to an aromatic ring is 1. The van der Waals surface area contributed by atoms with E-state index in [0.29, 0.717) is 12.4 Å². The smallest absolute Gasteiger partial charge is 0.127 e. The molecular weight excluding hydrogens is 234 g/mol. The highest BCUT2D eigenvalue weighted by Crippen LogP contribution is 2.21. The molecule has 2 aromatic rings. The van der Waals surface area contributed by atoms with E-state index in [4.69, 9.17) is 11.5 Å². The third-order valence-electron chi connectivity index (χ3n) is 3.47. The maximum absolute atomic E-state index is 6.03. The fourth-order valence-corrected chi connectivity index (χ4v) is 2.37. The van der Waals surface area contributed by atoms with Gasteiger partial charge >= 0.3 is 0 Å². The molecule has 1 aromatic carbocycles. The van der Waals surface area contributed by atoms with E-state index < -0.39 is 0 Å². The molecule has 4 N–H and O–H groups in total. The van der Waals surface area contributed by atoms with E-state index >= 15 is 0 Å². The highest BCUT2D eigenvalue weighted by atomic mass is 14.8. The van der Waals surface area contributed by atoms with E-state index in [-0.39, 0.29) is 0 Å². The maximum atomic E-state index is 6.03. The van der Waals surface area contributed by atoms with Crippen molar-refractivity contribution in [3.8, 4) is 0 Å². The standard InChI is InChI=1S/C16H23N3/c1-2-3-4-5-13-11-14-10-12(8-9-17)6-7-15(14)19-16(13)18/h6-7,10-11H,2-5,8-9,17H2,1H3,(H2,18,19). The molecule has 0 amide bonds. The number of fused-ring (bicyclic) bond motifs is 1. The number of aromatic nitrogens is 1. The van der Waals surface area contributed by atoms with Gasteiger partial charge in [-0.05, 0) is 55.1 Å². The van der Waals surface area contributed by atoms with Gasteiger partial charge in [-0.1, -0.05) is 25.8 Å². The van der Waals surface area contributed by atoms with Gasteiger partial charge in [0.2, 0.25) is 0 Å². The van der Waals surface area contributed by atoms with Crippen LogP contribution in [0.2, 0.25) is 0 Å². The summed E-state index contributed by atoms with van der Waals surface area (Å²) in [5.74, 6) is 0.676. The zero-order valence-electron chi connectivity index (χ0n) is 11.7. The van der Waals surface area contributed by atoms with E-state index in [2.05, 4.69) is 30.1 Å². The first kappa shape index (κ1) is 13.8. The SMILES string of the molecule is CCCCCc1cc2cc(CCN)ccc2nc1N. The first-order chi connectivity index (χ1) is 9.24. The number of anilines is 1. The molecule has 0 fully saturated rings. The van der Waals surface area contributed by atoms with Crippen molar-refractivity contribution >= 4 is 16.7 Å². The van der Waals surface area contributed by atoms with Crippen LogP contribution < -0.4 is 11.5 Å². The molecule has 0 spiro atoms. The van der Waals surface area contributed by atoms with E-state index in [0.717, 1.165) is 18.4 Å². The molecule has 0 aliphatic carbocycles. The molecule has 1 heterocycles. The van der Waals surface area contributed by atoms with Crippen LogP contribution in [0.15, 0.2) is 24.3 Å². The number of unbranched alkanes of at least 4 members (excludes halogenated alkanes) is 2. The second-order valence-corrected chi connectivity index (χ2v) is 5.06. The third kappa shape index (κ3) is 3.44. The molecule has 3 heteroatoms. The summed E-state index contributed by atoms with van der Waals surface area (Å²) in [5.41, 5.74) is 15.0. The minimum absolute atomic E-state index is 0.676. The van der Waals surface area contributed by atoms with E-state index in [1.807, 2.05) is 6.07 Å². The lowest BCUT2D eigenvalue weighted by Crippen LogP contribution is -2.03. The predicted molar refractivity (Wildman–Crippen MR) is 82.1 cm³/mol. The van der Waals surface area contributed by atoms with Crippen LogP contribution >= 0.6 is 0 Å². The topological polar surface area (TPSA) is 64.9 Å². The largest absolute Gasteiger partial charge is 0.383 e. The maximum Gasteiger partial charge on any atom is 0.127 e. The summed E-state index contributed by atoms with van der Waals surface area (Å²) >= 11 is 0. The quantitative estimate of drug-likeness (QED) is 0.782. The number of rotatable bonds is 6. The molecule has 0 bridgehead atoms. The Labute approximate surface area is 115 Å². The minimum atomic E-state index is 0.676. The lowest BCUT2D eigenvalue weighted by molar-refractivity contribution is 0.718. The summed E-state index contributed by atoms with van der Waals surface area (Å²) in [4.78, 5) is 4.50. The van der Waals surface area contributed by atoms with Crippen LogP contribution in [0, 0.1) is 0 Å². The van der Waals surface area contributed by atoms with Crippen LogP contribution in [0.1, 0.15) is 37.3 Å². The Morgan fingerprint density at radius 3 is 2.68 bits per heavy atom. The lowest BCUT2D eigenvalue weighted by Gasteiger charge is -2.08. The Hall–Kier alpha value is -1.61. The molecule has 19 heavy (non-hydrogen) atoms. The molecule has 2 rings (SSSR count). The summed E-state index contributed by atoms with van der Waals surface area (Å²) in [5, 5.41) is 1.17. The summed E-state index contributed by atoms with van der Waals surface area (Å²) in [6.07, 6.45) is 5.57. The Bertz CT molecular complexity index is 549. The fraction of sp³-hybridized carbons (Fsp3) is 0.438. The number of aryl methyl sites for hydroxylation is 1. The second-order valence-electron chi connectivity index (χ2n) is 5.06. The van der Waals surface area contributed by atoms with Crippen molar-refractivity contribution in [2.45, 2.75) is 39.0 Å². The first-order valence-electron chi connectivity index (χ1n) is 7.12. The van der Waals surface area contributed by atoms with Gasteiger partial charge in [-0.3, -0.25) is 0 Å². The van der Waals surface area contributed by atoms with Crippen LogP contribution in [-0.4, -0.2) is 11.5 Å². The highest BCUT2D eigenvalue weighted by Gasteiger charge is 2.05. The van der Waals surface area contributed by atoms with Gasteiger partial charge in [-0.15, -0.1) is 0 Å². The zero-order valence-corrected chi connectivity index (χ0v) is 11.7. The summed E-state index contributed by atoms with van der Waals surface area (Å²) in [6.45, 7) is 2.89. The van der Waals surface area contributed by atoms with Crippen molar-refractivity contribution in [2.24, 2.45) is 5.73 Å². The minimum Gasteiger partial charge on any atom is -0.383 e. The van der Waals surface area contributed by atoms with E-state index in [9.17, 15) is 0 Å². The van der Waals surface area contributed by atoms with Gasteiger partial charge < -0.3 is 11.5 Å². The van der Waals surface area contributed by atoms with Crippen molar-refractivity contribution in [1.82, 2.24) is 4.98 Å². The Morgan fingerprint density at radius 1 is 1.11 bits per heavy atom. The molecule has 0 saturated carbocycles. The summed E-state index contributed by atoms with van der Waals surface area (Å²) in [6, 6.07) is 8.48. The van der Waals surface area contributed by atoms with Crippen molar-refractivity contribution in [3.05, 3.63) is 35.4 Å². The number of nitrogens with zero attached hydrogens (tertiary/aromatic N) is 1. The molecule has 3 nitrogen and oxygen atoms in total. The zero-order chi connectivity index (χ0) is 13.7. The molecule has 0 aliphatic rings. The van der Waals surface area contributed by atoms with Crippen LogP contribution in [0.3, 0.4) is 0 Å². The van der Waals surface area contributed by atoms with Crippen molar-refractivity contribution in [3.63, 3.8) is 0 Å². The Kier molecular flexibility index (Phi) is 4.74. The monoisotopic (exact) mass is 257 g/mol. The molecule has 0 radical (unpaired) electrons. The molecule has 0 atom stereocenters. The molecule has 1 aromatic heterocycles. The fourth-order valence-electron chi connectivity index (χ4n) is 2.37. The Balaban J connectivity index is 2.29. The normalized spacial score (nSPS) is 11.1. The Morgan fingerprint density at radius 2 is 1.95 bits per heavy atom. The number of hydrogen-bond acceptors (Lipinski definition) is 3. The van der Waals surface area contributed by atoms with Crippen LogP contribution in [0.25, 0.3) is 10.9 Å². The predicted octanol–water partition coefficient (Wildman–Crippen LogP) is 3.05. The highest BCUT2D eigenvalue weighted by molar-refractivity contribution is 5.82. The third-order valence-corrected chi connectivity index (χ3v) is 3.47. The average Bonchev–Trinajstić information content (AvgIpc) is 2.40. The van der Waals surface area contributed by atoms with Gasteiger partial charge in [-0.25, -0.2) is 4.98 Å². The molecule has 0 unspecified atom stereocenters. The van der Waals surface area contributed by atoms with Crippen molar-refractivity contribution in [2.75, 3.05) is 12.3 Å². The molecule has 102 valence electrons. The van der Waals surface area contributed by atoms with Crippen molar-refractivity contribution < 1.29 is 0 Å². The van der Waals surface area contributed by atoms with E-state index in [1.54, 1.807) is 0 Å². The number of benzene rings is 1. The number of hydrogen-bond donors (Lipinski definition) is 2. The number of nitrogens with two attached hydrogens (primary N) is 2. The average molecular weight is 257 g/mol. The van der Waals surface area contributed by atoms with Gasteiger partial charge in [0.15, 0.2) is 0 Å². The summed E-state index contributed by atoms with van der Waals surface area (Å²) in [7, 11) is 0. The first-order valence-corrected chi connectivity index (χ1v) is 7.12. The van der Waals surface area contributed by atoms with Crippen LogP contribution in [-0.2, 0) is 12.8 Å². The van der Waals surface area contributed by atoms with Crippen LogP contribution in [0.5, 0.6) is 0 Å². The number of pyridine rings is 1. The van der Waals surface area contributed by atoms with Gasteiger partial charge in [0.25, 0.3) is 0 Å². The van der Waals surface area contributed by atoms with Gasteiger partial charge in [-0.2, -0.15) is 0 Å². The van der Waals surface area contributed by atoms with Gasteiger partial charge in [0.1, 0.15) is 5.82 Å². The second kappa shape index (κ2) is 6.53. The van der Waals surface area contributed by atoms with Crippen molar-refractivity contribution in [1.29, 1.82) is 0 Å². The molecule has 0 saturated heterocycles.